The van der Waals surface area contributed by atoms with Crippen molar-refractivity contribution in [3.05, 3.63) is 41.6 Å². The zero-order valence-electron chi connectivity index (χ0n) is 10.4. The highest BCUT2D eigenvalue weighted by molar-refractivity contribution is 6.33. The van der Waals surface area contributed by atoms with Crippen molar-refractivity contribution in [1.82, 2.24) is 19.9 Å². The van der Waals surface area contributed by atoms with Gasteiger partial charge in [-0.15, -0.1) is 0 Å². The van der Waals surface area contributed by atoms with Gasteiger partial charge in [0.25, 0.3) is 5.91 Å². The molecule has 19 heavy (non-hydrogen) atoms. The van der Waals surface area contributed by atoms with Gasteiger partial charge in [-0.2, -0.15) is 0 Å². The molecule has 0 fully saturated rings. The second-order valence-electron chi connectivity index (χ2n) is 3.83. The third-order valence-corrected chi connectivity index (χ3v) is 2.84. The number of nitrogens with zero attached hydrogens (tertiary/aromatic N) is 3. The third-order valence-electron chi connectivity index (χ3n) is 2.53. The normalized spacial score (nSPS) is 10.2. The van der Waals surface area contributed by atoms with E-state index in [9.17, 15) is 4.79 Å². The molecule has 6 nitrogen and oxygen atoms in total. The Bertz CT molecular complexity index is 555. The highest BCUT2D eigenvalue weighted by Gasteiger charge is 2.12. The van der Waals surface area contributed by atoms with Gasteiger partial charge in [0, 0.05) is 32.5 Å². The number of carbonyl (C=O) groups is 1. The molecule has 0 saturated heterocycles. The highest BCUT2D eigenvalue weighted by atomic mass is 35.5. The lowest BCUT2D eigenvalue weighted by Crippen LogP contribution is -2.28. The molecule has 2 aromatic rings. The van der Waals surface area contributed by atoms with Gasteiger partial charge in [0.2, 0.25) is 0 Å². The van der Waals surface area contributed by atoms with Gasteiger partial charge in [-0.1, -0.05) is 11.6 Å². The number of amides is 1. The minimum absolute atomic E-state index is 0.221. The summed E-state index contributed by atoms with van der Waals surface area (Å²) in [6.45, 7) is 1.13. The number of halogens is 1. The SMILES string of the molecule is CNc1ccc(Cl)c(C(=O)NCCn2ccnc2)n1. The van der Waals surface area contributed by atoms with Gasteiger partial charge in [0.1, 0.15) is 11.5 Å². The van der Waals surface area contributed by atoms with E-state index < -0.39 is 0 Å². The highest BCUT2D eigenvalue weighted by Crippen LogP contribution is 2.16. The van der Waals surface area contributed by atoms with E-state index in [0.717, 1.165) is 0 Å². The quantitative estimate of drug-likeness (QED) is 0.868. The molecule has 100 valence electrons. The Morgan fingerprint density at radius 2 is 2.32 bits per heavy atom. The first-order chi connectivity index (χ1) is 9.20. The van der Waals surface area contributed by atoms with Crippen LogP contribution in [0.2, 0.25) is 5.02 Å². The maximum atomic E-state index is 12.0. The fraction of sp³-hybridized carbons (Fsp3) is 0.250. The van der Waals surface area contributed by atoms with Crippen molar-refractivity contribution in [3.63, 3.8) is 0 Å². The molecule has 0 unspecified atom stereocenters. The lowest BCUT2D eigenvalue weighted by Gasteiger charge is -2.08. The van der Waals surface area contributed by atoms with Crippen molar-refractivity contribution < 1.29 is 4.79 Å². The minimum atomic E-state index is -0.290. The van der Waals surface area contributed by atoms with Gasteiger partial charge in [0.15, 0.2) is 0 Å². The van der Waals surface area contributed by atoms with E-state index in [4.69, 9.17) is 11.6 Å². The van der Waals surface area contributed by atoms with Gasteiger partial charge in [-0.25, -0.2) is 9.97 Å². The van der Waals surface area contributed by atoms with Crippen molar-refractivity contribution in [2.45, 2.75) is 6.54 Å². The summed E-state index contributed by atoms with van der Waals surface area (Å²) in [5, 5.41) is 5.97. The average Bonchev–Trinajstić information content (AvgIpc) is 2.92. The first kappa shape index (κ1) is 13.4. The Morgan fingerprint density at radius 1 is 1.47 bits per heavy atom. The van der Waals surface area contributed by atoms with Crippen LogP contribution in [0.1, 0.15) is 10.5 Å². The molecule has 0 aromatic carbocycles. The minimum Gasteiger partial charge on any atom is -0.373 e. The molecule has 2 heterocycles. The van der Waals surface area contributed by atoms with Crippen LogP contribution >= 0.6 is 11.6 Å². The van der Waals surface area contributed by atoms with Crippen molar-refractivity contribution in [1.29, 1.82) is 0 Å². The Hall–Kier alpha value is -2.08. The van der Waals surface area contributed by atoms with E-state index in [1.54, 1.807) is 31.7 Å². The second-order valence-corrected chi connectivity index (χ2v) is 4.24. The lowest BCUT2D eigenvalue weighted by molar-refractivity contribution is 0.0947. The number of rotatable bonds is 5. The first-order valence-electron chi connectivity index (χ1n) is 5.79. The monoisotopic (exact) mass is 279 g/mol. The largest absolute Gasteiger partial charge is 0.373 e. The van der Waals surface area contributed by atoms with Crippen LogP contribution in [-0.4, -0.2) is 34.0 Å². The second kappa shape index (κ2) is 6.19. The molecular weight excluding hydrogens is 266 g/mol. The van der Waals surface area contributed by atoms with E-state index in [1.807, 2.05) is 10.8 Å². The van der Waals surface area contributed by atoms with Crippen LogP contribution in [0.4, 0.5) is 5.82 Å². The number of carbonyl (C=O) groups excluding carboxylic acids is 1. The molecule has 0 bridgehead atoms. The maximum absolute atomic E-state index is 12.0. The maximum Gasteiger partial charge on any atom is 0.271 e. The molecule has 7 heteroatoms. The number of anilines is 1. The molecule has 1 amide bonds. The van der Waals surface area contributed by atoms with Crippen molar-refractivity contribution >= 4 is 23.3 Å². The van der Waals surface area contributed by atoms with Crippen molar-refractivity contribution in [3.8, 4) is 0 Å². The summed E-state index contributed by atoms with van der Waals surface area (Å²) in [4.78, 5) is 20.0. The average molecular weight is 280 g/mol. The van der Waals surface area contributed by atoms with Crippen molar-refractivity contribution in [2.24, 2.45) is 0 Å². The smallest absolute Gasteiger partial charge is 0.271 e. The lowest BCUT2D eigenvalue weighted by atomic mass is 10.3. The van der Waals surface area contributed by atoms with Crippen LogP contribution in [-0.2, 0) is 6.54 Å². The number of hydrogen-bond acceptors (Lipinski definition) is 4. The van der Waals surface area contributed by atoms with Crippen LogP contribution in [0, 0.1) is 0 Å². The number of imidazole rings is 1. The van der Waals surface area contributed by atoms with Gasteiger partial charge >= 0.3 is 0 Å². The summed E-state index contributed by atoms with van der Waals surface area (Å²) in [7, 11) is 1.73. The molecular formula is C12H14ClN5O. The molecule has 0 atom stereocenters. The van der Waals surface area contributed by atoms with Gasteiger partial charge in [-0.3, -0.25) is 4.79 Å². The van der Waals surface area contributed by atoms with Gasteiger partial charge in [-0.05, 0) is 12.1 Å². The molecule has 2 N–H and O–H groups in total. The van der Waals surface area contributed by atoms with Crippen LogP contribution in [0.15, 0.2) is 30.9 Å². The van der Waals surface area contributed by atoms with E-state index >= 15 is 0 Å². The number of hydrogen-bond donors (Lipinski definition) is 2. The van der Waals surface area contributed by atoms with Crippen molar-refractivity contribution in [2.75, 3.05) is 18.9 Å². The molecule has 0 saturated carbocycles. The topological polar surface area (TPSA) is 71.8 Å². The molecule has 0 spiro atoms. The zero-order valence-corrected chi connectivity index (χ0v) is 11.2. The van der Waals surface area contributed by atoms with E-state index in [0.29, 0.717) is 23.9 Å². The van der Waals surface area contributed by atoms with E-state index in [1.165, 1.54) is 0 Å². The van der Waals surface area contributed by atoms with E-state index in [2.05, 4.69) is 20.6 Å². The first-order valence-corrected chi connectivity index (χ1v) is 6.16. The van der Waals surface area contributed by atoms with E-state index in [-0.39, 0.29) is 11.6 Å². The molecule has 0 aliphatic rings. The fourth-order valence-corrected chi connectivity index (χ4v) is 1.73. The Morgan fingerprint density at radius 3 is 3.00 bits per heavy atom. The number of pyridine rings is 1. The van der Waals surface area contributed by atoms with Crippen LogP contribution in [0.3, 0.4) is 0 Å². The summed E-state index contributed by atoms with van der Waals surface area (Å²) < 4.78 is 1.87. The summed E-state index contributed by atoms with van der Waals surface area (Å²) in [6, 6.07) is 3.36. The summed E-state index contributed by atoms with van der Waals surface area (Å²) >= 11 is 5.96. The zero-order chi connectivity index (χ0) is 13.7. The Kier molecular flexibility index (Phi) is 4.35. The van der Waals surface area contributed by atoms with Gasteiger partial charge < -0.3 is 15.2 Å². The number of aromatic nitrogens is 3. The fourth-order valence-electron chi connectivity index (χ4n) is 1.54. The predicted molar refractivity (Wildman–Crippen MR) is 73.4 cm³/mol. The van der Waals surface area contributed by atoms with Crippen LogP contribution < -0.4 is 10.6 Å². The Balaban J connectivity index is 1.95. The number of nitrogens with one attached hydrogen (secondary N) is 2. The van der Waals surface area contributed by atoms with Crippen LogP contribution in [0.25, 0.3) is 0 Å². The summed E-state index contributed by atoms with van der Waals surface area (Å²) in [5.41, 5.74) is 0.221. The summed E-state index contributed by atoms with van der Waals surface area (Å²) in [6.07, 6.45) is 5.22. The third kappa shape index (κ3) is 3.45. The van der Waals surface area contributed by atoms with Gasteiger partial charge in [0.05, 0.1) is 11.3 Å². The van der Waals surface area contributed by atoms with Crippen LogP contribution in [0.5, 0.6) is 0 Å². The Labute approximate surface area is 115 Å². The summed E-state index contributed by atoms with van der Waals surface area (Å²) in [5.74, 6) is 0.311. The molecule has 0 aliphatic carbocycles. The predicted octanol–water partition coefficient (Wildman–Crippen LogP) is 1.40. The molecule has 0 aliphatic heterocycles. The molecule has 2 aromatic heterocycles. The standard InChI is InChI=1S/C12H14ClN5O/c1-14-10-3-2-9(13)11(17-10)12(19)16-5-7-18-6-4-15-8-18/h2-4,6,8H,5,7H2,1H3,(H,14,17)(H,16,19). The molecule has 2 rings (SSSR count). The molecule has 0 radical (unpaired) electrons.